The van der Waals surface area contributed by atoms with Crippen LogP contribution in [0, 0.1) is 0 Å². The summed E-state index contributed by atoms with van der Waals surface area (Å²) in [6.07, 6.45) is 3.22. The third-order valence-corrected chi connectivity index (χ3v) is 4.15. The summed E-state index contributed by atoms with van der Waals surface area (Å²) in [6.45, 7) is 6.56. The molecule has 1 heterocycles. The molecule has 0 bridgehead atoms. The van der Waals surface area contributed by atoms with E-state index in [0.29, 0.717) is 0 Å². The number of aromatic nitrogens is 1. The molecule has 0 fully saturated rings. The Kier molecular flexibility index (Phi) is 3.66. The molecule has 0 spiro atoms. The van der Waals surface area contributed by atoms with Crippen molar-refractivity contribution in [1.82, 2.24) is 4.57 Å². The summed E-state index contributed by atoms with van der Waals surface area (Å²) < 4.78 is 2.40. The smallest absolute Gasteiger partial charge is 0.0537 e. The molecule has 106 valence electrons. The highest BCUT2D eigenvalue weighted by molar-refractivity contribution is 5.95. The third kappa shape index (κ3) is 2.19. The van der Waals surface area contributed by atoms with Gasteiger partial charge in [-0.25, -0.2) is 0 Å². The second kappa shape index (κ2) is 5.61. The maximum atomic E-state index is 2.40. The van der Waals surface area contributed by atoms with Gasteiger partial charge in [0.25, 0.3) is 0 Å². The van der Waals surface area contributed by atoms with Gasteiger partial charge in [-0.1, -0.05) is 49.4 Å². The normalized spacial score (nSPS) is 12.0. The lowest BCUT2D eigenvalue weighted by Crippen LogP contribution is -2.00. The average molecular weight is 275 g/mol. The van der Waals surface area contributed by atoms with E-state index >= 15 is 0 Å². The zero-order chi connectivity index (χ0) is 14.8. The Labute approximate surface area is 126 Å². The van der Waals surface area contributed by atoms with E-state index < -0.39 is 0 Å². The van der Waals surface area contributed by atoms with Gasteiger partial charge in [0.1, 0.15) is 0 Å². The van der Waals surface area contributed by atoms with Crippen LogP contribution in [0.2, 0.25) is 0 Å². The van der Waals surface area contributed by atoms with Crippen molar-refractivity contribution < 1.29 is 0 Å². The summed E-state index contributed by atoms with van der Waals surface area (Å²) >= 11 is 0. The van der Waals surface area contributed by atoms with Crippen molar-refractivity contribution >= 4 is 16.5 Å². The van der Waals surface area contributed by atoms with Crippen molar-refractivity contribution in [1.29, 1.82) is 0 Å². The second-order valence-electron chi connectivity index (χ2n) is 5.34. The molecule has 0 unspecified atom stereocenters. The van der Waals surface area contributed by atoms with Crippen LogP contribution in [0.25, 0.3) is 22.2 Å². The Hall–Kier alpha value is -2.28. The van der Waals surface area contributed by atoms with Gasteiger partial charge in [0.05, 0.1) is 5.52 Å². The van der Waals surface area contributed by atoms with Crippen molar-refractivity contribution in [2.24, 2.45) is 0 Å². The molecule has 0 atom stereocenters. The summed E-state index contributed by atoms with van der Waals surface area (Å²) in [6, 6.07) is 19.3. The molecule has 3 aromatic rings. The number of rotatable bonds is 3. The molecule has 1 nitrogen and oxygen atoms in total. The van der Waals surface area contributed by atoms with E-state index in [1.54, 1.807) is 0 Å². The predicted molar refractivity (Wildman–Crippen MR) is 92.0 cm³/mol. The van der Waals surface area contributed by atoms with Crippen molar-refractivity contribution in [2.45, 2.75) is 27.2 Å². The lowest BCUT2D eigenvalue weighted by Gasteiger charge is -2.11. The number of nitrogens with zero attached hydrogens (tertiary/aromatic N) is 1. The van der Waals surface area contributed by atoms with Crippen LogP contribution in [0.5, 0.6) is 0 Å². The standard InChI is InChI=1S/C20H21N/c1-4-15(3)20-17-13-9-10-14-19(17)21(18(20)5-2)16-11-7-6-8-12-16/h4,6-14H,5H2,1-3H3/b15-4-. The lowest BCUT2D eigenvalue weighted by molar-refractivity contribution is 0.955. The fourth-order valence-electron chi connectivity index (χ4n) is 3.08. The van der Waals surface area contributed by atoms with Gasteiger partial charge in [-0.15, -0.1) is 0 Å². The average Bonchev–Trinajstić information content (AvgIpc) is 2.89. The molecule has 2 aromatic carbocycles. The van der Waals surface area contributed by atoms with Crippen molar-refractivity contribution in [3.63, 3.8) is 0 Å². The molecule has 0 amide bonds. The first-order chi connectivity index (χ1) is 10.3. The van der Waals surface area contributed by atoms with E-state index in [0.717, 1.165) is 6.42 Å². The zero-order valence-corrected chi connectivity index (χ0v) is 12.9. The maximum absolute atomic E-state index is 2.40. The Morgan fingerprint density at radius 1 is 1.00 bits per heavy atom. The van der Waals surface area contributed by atoms with E-state index in [4.69, 9.17) is 0 Å². The highest BCUT2D eigenvalue weighted by Crippen LogP contribution is 2.34. The summed E-state index contributed by atoms with van der Waals surface area (Å²) in [7, 11) is 0. The Balaban J connectivity index is 2.44. The Morgan fingerprint density at radius 2 is 1.67 bits per heavy atom. The van der Waals surface area contributed by atoms with Crippen molar-refractivity contribution in [3.8, 4) is 5.69 Å². The molecule has 0 radical (unpaired) electrons. The highest BCUT2D eigenvalue weighted by atomic mass is 15.0. The highest BCUT2D eigenvalue weighted by Gasteiger charge is 2.17. The van der Waals surface area contributed by atoms with Gasteiger partial charge in [-0.2, -0.15) is 0 Å². The van der Waals surface area contributed by atoms with E-state index in [1.807, 2.05) is 0 Å². The number of benzene rings is 2. The topological polar surface area (TPSA) is 4.93 Å². The molecule has 0 aliphatic heterocycles. The first-order valence-electron chi connectivity index (χ1n) is 7.59. The minimum absolute atomic E-state index is 1.02. The fourth-order valence-corrected chi connectivity index (χ4v) is 3.08. The van der Waals surface area contributed by atoms with Crippen LogP contribution in [0.15, 0.2) is 60.7 Å². The summed E-state index contributed by atoms with van der Waals surface area (Å²) in [5.74, 6) is 0. The molecular weight excluding hydrogens is 254 g/mol. The van der Waals surface area contributed by atoms with Gasteiger partial charge in [-0.3, -0.25) is 0 Å². The molecule has 0 aliphatic carbocycles. The van der Waals surface area contributed by atoms with Crippen LogP contribution in [-0.4, -0.2) is 4.57 Å². The van der Waals surface area contributed by atoms with Crippen LogP contribution in [0.4, 0.5) is 0 Å². The van der Waals surface area contributed by atoms with Crippen LogP contribution in [-0.2, 0) is 6.42 Å². The van der Waals surface area contributed by atoms with Gasteiger partial charge in [0.15, 0.2) is 0 Å². The summed E-state index contributed by atoms with van der Waals surface area (Å²) in [4.78, 5) is 0. The third-order valence-electron chi connectivity index (χ3n) is 4.15. The van der Waals surface area contributed by atoms with Crippen LogP contribution in [0.1, 0.15) is 32.0 Å². The van der Waals surface area contributed by atoms with Gasteiger partial charge in [0, 0.05) is 22.3 Å². The zero-order valence-electron chi connectivity index (χ0n) is 12.9. The quantitative estimate of drug-likeness (QED) is 0.585. The van der Waals surface area contributed by atoms with Crippen LogP contribution in [0.3, 0.4) is 0 Å². The molecule has 0 saturated carbocycles. The van der Waals surface area contributed by atoms with E-state index in [9.17, 15) is 0 Å². The first-order valence-corrected chi connectivity index (χ1v) is 7.59. The van der Waals surface area contributed by atoms with Crippen molar-refractivity contribution in [3.05, 3.63) is 71.9 Å². The summed E-state index contributed by atoms with van der Waals surface area (Å²) in [5, 5.41) is 1.34. The van der Waals surface area contributed by atoms with E-state index in [1.165, 1.54) is 33.4 Å². The molecule has 21 heavy (non-hydrogen) atoms. The number of hydrogen-bond donors (Lipinski definition) is 0. The summed E-state index contributed by atoms with van der Waals surface area (Å²) in [5.41, 5.74) is 6.65. The van der Waals surface area contributed by atoms with Gasteiger partial charge >= 0.3 is 0 Å². The maximum Gasteiger partial charge on any atom is 0.0537 e. The molecule has 1 aromatic heterocycles. The van der Waals surface area contributed by atoms with Gasteiger partial charge in [0.2, 0.25) is 0 Å². The number of allylic oxidation sites excluding steroid dienone is 2. The largest absolute Gasteiger partial charge is 0.313 e. The second-order valence-corrected chi connectivity index (χ2v) is 5.34. The monoisotopic (exact) mass is 275 g/mol. The SMILES string of the molecule is C/C=C(/C)c1c(CC)n(-c2ccccc2)c2ccccc12. The lowest BCUT2D eigenvalue weighted by atomic mass is 10.0. The van der Waals surface area contributed by atoms with Gasteiger partial charge < -0.3 is 4.57 Å². The Morgan fingerprint density at radius 3 is 2.33 bits per heavy atom. The molecule has 3 rings (SSSR count). The van der Waals surface area contributed by atoms with E-state index in [2.05, 4.69) is 86.0 Å². The number of para-hydroxylation sites is 2. The molecule has 0 aliphatic rings. The fraction of sp³-hybridized carbons (Fsp3) is 0.200. The molecule has 0 saturated heterocycles. The number of hydrogen-bond acceptors (Lipinski definition) is 0. The minimum Gasteiger partial charge on any atom is -0.313 e. The van der Waals surface area contributed by atoms with Crippen LogP contribution < -0.4 is 0 Å². The van der Waals surface area contributed by atoms with Crippen molar-refractivity contribution in [2.75, 3.05) is 0 Å². The predicted octanol–water partition coefficient (Wildman–Crippen LogP) is 5.62. The number of fused-ring (bicyclic) bond motifs is 1. The van der Waals surface area contributed by atoms with Gasteiger partial charge in [-0.05, 0) is 44.0 Å². The first kappa shape index (κ1) is 13.7. The Bertz CT molecular complexity index is 791. The molecule has 0 N–H and O–H groups in total. The van der Waals surface area contributed by atoms with Crippen LogP contribution >= 0.6 is 0 Å². The van der Waals surface area contributed by atoms with E-state index in [-0.39, 0.29) is 0 Å². The molecule has 1 heteroatoms. The minimum atomic E-state index is 1.02. The molecular formula is C20H21N.